The van der Waals surface area contributed by atoms with Crippen LogP contribution in [0.4, 0.5) is 0 Å². The zero-order chi connectivity index (χ0) is 9.84. The molecule has 1 unspecified atom stereocenters. The summed E-state index contributed by atoms with van der Waals surface area (Å²) in [6.07, 6.45) is 2.33. The third-order valence-corrected chi connectivity index (χ3v) is 4.00. The SMILES string of the molecule is CCCC(NC)c1scc(C)c1Cl. The van der Waals surface area contributed by atoms with Gasteiger partial charge in [-0.15, -0.1) is 11.3 Å². The average Bonchev–Trinajstić information content (AvgIpc) is 2.45. The first kappa shape index (κ1) is 11.0. The molecular formula is C10H16ClNS. The predicted molar refractivity (Wildman–Crippen MR) is 60.8 cm³/mol. The Morgan fingerprint density at radius 2 is 2.31 bits per heavy atom. The van der Waals surface area contributed by atoms with Crippen LogP contribution in [0.2, 0.25) is 5.02 Å². The van der Waals surface area contributed by atoms with E-state index in [4.69, 9.17) is 11.6 Å². The lowest BCUT2D eigenvalue weighted by Gasteiger charge is -2.13. The summed E-state index contributed by atoms with van der Waals surface area (Å²) in [6.45, 7) is 4.25. The van der Waals surface area contributed by atoms with Crippen molar-refractivity contribution in [3.05, 3.63) is 20.8 Å². The van der Waals surface area contributed by atoms with E-state index >= 15 is 0 Å². The van der Waals surface area contributed by atoms with Gasteiger partial charge >= 0.3 is 0 Å². The summed E-state index contributed by atoms with van der Waals surface area (Å²) in [6, 6.07) is 0.427. The Labute approximate surface area is 89.1 Å². The molecule has 0 aromatic carbocycles. The van der Waals surface area contributed by atoms with Gasteiger partial charge in [-0.1, -0.05) is 24.9 Å². The minimum Gasteiger partial charge on any atom is -0.312 e. The van der Waals surface area contributed by atoms with E-state index in [9.17, 15) is 0 Å². The Bertz CT molecular complexity index is 270. The lowest BCUT2D eigenvalue weighted by atomic mass is 10.1. The van der Waals surface area contributed by atoms with Crippen LogP contribution in [0.15, 0.2) is 5.38 Å². The molecule has 0 saturated heterocycles. The minimum absolute atomic E-state index is 0.427. The van der Waals surface area contributed by atoms with Gasteiger partial charge in [-0.05, 0) is 31.3 Å². The molecule has 0 amide bonds. The number of nitrogens with one attached hydrogen (secondary N) is 1. The molecule has 0 saturated carbocycles. The third kappa shape index (κ3) is 2.46. The maximum atomic E-state index is 6.19. The molecule has 1 atom stereocenters. The molecule has 0 aliphatic carbocycles. The quantitative estimate of drug-likeness (QED) is 0.810. The fourth-order valence-corrected chi connectivity index (χ4v) is 2.85. The first-order valence-corrected chi connectivity index (χ1v) is 5.87. The van der Waals surface area contributed by atoms with Gasteiger partial charge in [0.05, 0.1) is 5.02 Å². The Kier molecular flexibility index (Phi) is 4.23. The van der Waals surface area contributed by atoms with Crippen LogP contribution in [0.3, 0.4) is 0 Å². The van der Waals surface area contributed by atoms with Crippen LogP contribution in [0.1, 0.15) is 36.2 Å². The van der Waals surface area contributed by atoms with E-state index in [1.807, 2.05) is 7.05 Å². The average molecular weight is 218 g/mol. The molecule has 0 aliphatic rings. The van der Waals surface area contributed by atoms with Crippen molar-refractivity contribution >= 4 is 22.9 Å². The van der Waals surface area contributed by atoms with Gasteiger partial charge in [-0.2, -0.15) is 0 Å². The van der Waals surface area contributed by atoms with Crippen molar-refractivity contribution in [1.29, 1.82) is 0 Å². The number of aryl methyl sites for hydroxylation is 1. The smallest absolute Gasteiger partial charge is 0.0590 e. The molecule has 1 nitrogen and oxygen atoms in total. The zero-order valence-corrected chi connectivity index (χ0v) is 9.93. The molecule has 1 aromatic rings. The topological polar surface area (TPSA) is 12.0 Å². The van der Waals surface area contributed by atoms with E-state index in [2.05, 4.69) is 24.5 Å². The normalized spacial score (nSPS) is 13.2. The molecule has 0 radical (unpaired) electrons. The lowest BCUT2D eigenvalue weighted by Crippen LogP contribution is -2.15. The Hall–Kier alpha value is -0.0500. The second kappa shape index (κ2) is 4.99. The predicted octanol–water partition coefficient (Wildman–Crippen LogP) is 3.77. The molecule has 0 aliphatic heterocycles. The molecule has 0 fully saturated rings. The molecule has 1 N–H and O–H groups in total. The monoisotopic (exact) mass is 217 g/mol. The highest BCUT2D eigenvalue weighted by atomic mass is 35.5. The van der Waals surface area contributed by atoms with Crippen molar-refractivity contribution in [3.63, 3.8) is 0 Å². The molecule has 3 heteroatoms. The summed E-state index contributed by atoms with van der Waals surface area (Å²) in [5.41, 5.74) is 1.19. The molecule has 1 aromatic heterocycles. The van der Waals surface area contributed by atoms with Crippen molar-refractivity contribution in [2.45, 2.75) is 32.7 Å². The fraction of sp³-hybridized carbons (Fsp3) is 0.600. The summed E-state index contributed by atoms with van der Waals surface area (Å²) < 4.78 is 0. The van der Waals surface area contributed by atoms with Crippen molar-refractivity contribution in [2.24, 2.45) is 0 Å². The first-order chi connectivity index (χ1) is 6.20. The number of rotatable bonds is 4. The first-order valence-electron chi connectivity index (χ1n) is 4.61. The van der Waals surface area contributed by atoms with Crippen LogP contribution >= 0.6 is 22.9 Å². The molecule has 1 rings (SSSR count). The summed E-state index contributed by atoms with van der Waals surface area (Å²) in [4.78, 5) is 1.28. The zero-order valence-electron chi connectivity index (χ0n) is 8.36. The van der Waals surface area contributed by atoms with E-state index in [-0.39, 0.29) is 0 Å². The van der Waals surface area contributed by atoms with Gasteiger partial charge in [0.2, 0.25) is 0 Å². The summed E-state index contributed by atoms with van der Waals surface area (Å²) >= 11 is 7.94. The van der Waals surface area contributed by atoms with E-state index in [0.29, 0.717) is 6.04 Å². The van der Waals surface area contributed by atoms with Crippen LogP contribution in [-0.4, -0.2) is 7.05 Å². The van der Waals surface area contributed by atoms with E-state index in [1.54, 1.807) is 11.3 Å². The molecule has 0 bridgehead atoms. The number of thiophene rings is 1. The van der Waals surface area contributed by atoms with Gasteiger partial charge < -0.3 is 5.32 Å². The van der Waals surface area contributed by atoms with Crippen LogP contribution in [-0.2, 0) is 0 Å². The standard InChI is InChI=1S/C10H16ClNS/c1-4-5-8(12-3)10-9(11)7(2)6-13-10/h6,8,12H,4-5H2,1-3H3. The van der Waals surface area contributed by atoms with Crippen LogP contribution in [0, 0.1) is 6.92 Å². The largest absolute Gasteiger partial charge is 0.312 e. The molecule has 13 heavy (non-hydrogen) atoms. The van der Waals surface area contributed by atoms with Gasteiger partial charge in [0.1, 0.15) is 0 Å². The molecule has 1 heterocycles. The summed E-state index contributed by atoms with van der Waals surface area (Å²) in [5.74, 6) is 0. The van der Waals surface area contributed by atoms with Gasteiger partial charge in [-0.25, -0.2) is 0 Å². The van der Waals surface area contributed by atoms with Gasteiger partial charge in [0.15, 0.2) is 0 Å². The van der Waals surface area contributed by atoms with Gasteiger partial charge in [-0.3, -0.25) is 0 Å². The maximum Gasteiger partial charge on any atom is 0.0590 e. The van der Waals surface area contributed by atoms with Crippen LogP contribution in [0.5, 0.6) is 0 Å². The fourth-order valence-electron chi connectivity index (χ4n) is 1.38. The second-order valence-electron chi connectivity index (χ2n) is 3.23. The second-order valence-corrected chi connectivity index (χ2v) is 4.52. The maximum absolute atomic E-state index is 6.19. The van der Waals surface area contributed by atoms with E-state index in [1.165, 1.54) is 16.9 Å². The molecular weight excluding hydrogens is 202 g/mol. The summed E-state index contributed by atoms with van der Waals surface area (Å²) in [7, 11) is 1.99. The Morgan fingerprint density at radius 3 is 2.69 bits per heavy atom. The van der Waals surface area contributed by atoms with Gasteiger partial charge in [0, 0.05) is 10.9 Å². The van der Waals surface area contributed by atoms with E-state index in [0.717, 1.165) is 11.4 Å². The Morgan fingerprint density at radius 1 is 1.62 bits per heavy atom. The molecule has 74 valence electrons. The van der Waals surface area contributed by atoms with Crippen LogP contribution < -0.4 is 5.32 Å². The number of hydrogen-bond donors (Lipinski definition) is 1. The number of halogens is 1. The van der Waals surface area contributed by atoms with Crippen molar-refractivity contribution < 1.29 is 0 Å². The Balaban J connectivity index is 2.84. The van der Waals surface area contributed by atoms with Crippen LogP contribution in [0.25, 0.3) is 0 Å². The minimum atomic E-state index is 0.427. The molecule has 0 spiro atoms. The highest BCUT2D eigenvalue weighted by molar-refractivity contribution is 7.10. The van der Waals surface area contributed by atoms with Crippen molar-refractivity contribution in [2.75, 3.05) is 7.05 Å². The highest BCUT2D eigenvalue weighted by Crippen LogP contribution is 2.34. The number of hydrogen-bond acceptors (Lipinski definition) is 2. The van der Waals surface area contributed by atoms with E-state index < -0.39 is 0 Å². The lowest BCUT2D eigenvalue weighted by molar-refractivity contribution is 0.550. The third-order valence-electron chi connectivity index (χ3n) is 2.17. The summed E-state index contributed by atoms with van der Waals surface area (Å²) in [5, 5.41) is 6.36. The van der Waals surface area contributed by atoms with Gasteiger partial charge in [0.25, 0.3) is 0 Å². The van der Waals surface area contributed by atoms with Crippen molar-refractivity contribution in [3.8, 4) is 0 Å². The van der Waals surface area contributed by atoms with Crippen molar-refractivity contribution in [1.82, 2.24) is 5.32 Å². The highest BCUT2D eigenvalue weighted by Gasteiger charge is 2.14.